The predicted molar refractivity (Wildman–Crippen MR) is 165 cm³/mol. The van der Waals surface area contributed by atoms with Gasteiger partial charge in [-0.05, 0) is 67.0 Å². The Balaban J connectivity index is 1.28. The van der Waals surface area contributed by atoms with Crippen molar-refractivity contribution < 1.29 is 18.3 Å². The molecule has 44 heavy (non-hydrogen) atoms. The summed E-state index contributed by atoms with van der Waals surface area (Å²) in [5.41, 5.74) is 5.44. The fourth-order valence-electron chi connectivity index (χ4n) is 7.31. The number of halogens is 3. The van der Waals surface area contributed by atoms with E-state index in [0.29, 0.717) is 47.2 Å². The highest BCUT2D eigenvalue weighted by atomic mass is 35.5. The highest BCUT2D eigenvalue weighted by Gasteiger charge is 2.46. The fraction of sp³-hybridized carbons (Fsp3) is 0.455. The summed E-state index contributed by atoms with van der Waals surface area (Å²) in [7, 11) is 1.88. The first-order chi connectivity index (χ1) is 21.2. The third-order valence-electron chi connectivity index (χ3n) is 9.63. The molecule has 0 spiro atoms. The molecule has 0 radical (unpaired) electrons. The Morgan fingerprint density at radius 2 is 2.02 bits per heavy atom. The molecule has 1 amide bonds. The van der Waals surface area contributed by atoms with Crippen molar-refractivity contribution in [2.75, 3.05) is 51.3 Å². The molecule has 3 aromatic rings. The Kier molecular flexibility index (Phi) is 7.42. The van der Waals surface area contributed by atoms with Crippen molar-refractivity contribution in [1.82, 2.24) is 19.8 Å². The van der Waals surface area contributed by atoms with E-state index < -0.39 is 23.9 Å². The van der Waals surface area contributed by atoms with E-state index in [9.17, 15) is 13.6 Å². The number of benzene rings is 2. The average Bonchev–Trinajstić information content (AvgIpc) is 3.54. The minimum Gasteiger partial charge on any atom is -0.462 e. The maximum absolute atomic E-state index is 14.0. The average molecular weight is 619 g/mol. The van der Waals surface area contributed by atoms with Gasteiger partial charge < -0.3 is 19.4 Å². The van der Waals surface area contributed by atoms with E-state index in [1.54, 1.807) is 0 Å². The van der Waals surface area contributed by atoms with Gasteiger partial charge in [-0.15, -0.1) is 0 Å². The van der Waals surface area contributed by atoms with Crippen LogP contribution in [0.1, 0.15) is 29.9 Å². The summed E-state index contributed by atoms with van der Waals surface area (Å²) in [4.78, 5) is 30.9. The Morgan fingerprint density at radius 3 is 2.77 bits per heavy atom. The number of likely N-dealkylation sites (N-methyl/N-ethyl adjacent to an activating group) is 1. The molecule has 11 heteroatoms. The molecule has 4 aliphatic rings. The van der Waals surface area contributed by atoms with Crippen LogP contribution in [-0.4, -0.2) is 90.3 Å². The van der Waals surface area contributed by atoms with E-state index in [1.807, 2.05) is 29.0 Å². The number of hydrogen-bond acceptors (Lipinski definition) is 6. The standard InChI is InChI=1S/C33H33ClF2N6O2/c1-18(35)32(43)42-8-7-41(16-23(42)14-37-2)31-27-12-28(34)26(24-6-4-5-19-9-20-10-25(20)30(19)24)13-29(27)38-33(39-31)44-17-22-11-21(36)15-40(22)3/h4-6,12-13,20-23,25H,1,7-11,14-17H2,3H3/t20?,21-,22+,23+,25?/m1/s1. The summed E-state index contributed by atoms with van der Waals surface area (Å²) < 4.78 is 34.0. The molecule has 3 heterocycles. The van der Waals surface area contributed by atoms with Crippen LogP contribution in [0, 0.1) is 12.5 Å². The third-order valence-corrected chi connectivity index (χ3v) is 9.94. The number of nitrogens with zero attached hydrogens (tertiary/aromatic N) is 6. The topological polar surface area (TPSA) is 66.2 Å². The second-order valence-electron chi connectivity index (χ2n) is 12.4. The number of piperazine rings is 1. The number of anilines is 1. The van der Waals surface area contributed by atoms with E-state index in [0.717, 1.165) is 23.5 Å². The lowest BCUT2D eigenvalue weighted by Gasteiger charge is -2.39. The van der Waals surface area contributed by atoms with Crippen LogP contribution in [0.5, 0.6) is 6.01 Å². The van der Waals surface area contributed by atoms with Crippen LogP contribution < -0.4 is 9.64 Å². The Labute approximate surface area is 260 Å². The lowest BCUT2D eigenvalue weighted by Crippen LogP contribution is -2.56. The van der Waals surface area contributed by atoms with Gasteiger partial charge in [-0.1, -0.05) is 36.4 Å². The normalized spacial score (nSPS) is 25.9. The van der Waals surface area contributed by atoms with Gasteiger partial charge in [0.15, 0.2) is 5.83 Å². The summed E-state index contributed by atoms with van der Waals surface area (Å²) in [5.74, 6) is 0.00836. The van der Waals surface area contributed by atoms with Crippen LogP contribution in [0.4, 0.5) is 14.6 Å². The quantitative estimate of drug-likeness (QED) is 0.259. The molecule has 1 saturated carbocycles. The zero-order valence-corrected chi connectivity index (χ0v) is 25.2. The first kappa shape index (κ1) is 28.9. The second kappa shape index (κ2) is 11.3. The van der Waals surface area contributed by atoms with Gasteiger partial charge >= 0.3 is 6.01 Å². The number of ether oxygens (including phenoxy) is 1. The monoisotopic (exact) mass is 618 g/mol. The van der Waals surface area contributed by atoms with Gasteiger partial charge in [0, 0.05) is 48.2 Å². The Morgan fingerprint density at radius 1 is 1.18 bits per heavy atom. The first-order valence-corrected chi connectivity index (χ1v) is 15.4. The Hall–Kier alpha value is -3.81. The molecule has 2 aliphatic heterocycles. The smallest absolute Gasteiger partial charge is 0.319 e. The third kappa shape index (κ3) is 5.16. The van der Waals surface area contributed by atoms with Crippen molar-refractivity contribution in [3.8, 4) is 17.1 Å². The maximum atomic E-state index is 14.0. The highest BCUT2D eigenvalue weighted by Crippen LogP contribution is 2.59. The van der Waals surface area contributed by atoms with Crippen LogP contribution in [0.2, 0.25) is 5.02 Å². The number of amides is 1. The molecule has 3 fully saturated rings. The van der Waals surface area contributed by atoms with Crippen molar-refractivity contribution in [3.05, 3.63) is 70.3 Å². The SMILES string of the molecule is [C-]#[N+]C[C@H]1CN(c2nc(OC[C@@H]3C[C@@H](F)CN3C)nc3cc(-c4cccc5c4C4CC4C5)c(Cl)cc23)CCN1C(=O)C(=C)F. The number of fused-ring (bicyclic) bond motifs is 4. The molecule has 2 aromatic carbocycles. The van der Waals surface area contributed by atoms with Gasteiger partial charge in [-0.3, -0.25) is 9.69 Å². The number of carbonyl (C=O) groups is 1. The van der Waals surface area contributed by atoms with E-state index in [1.165, 1.54) is 22.4 Å². The van der Waals surface area contributed by atoms with Gasteiger partial charge in [0.1, 0.15) is 24.6 Å². The van der Waals surface area contributed by atoms with Crippen LogP contribution in [0.15, 0.2) is 42.7 Å². The van der Waals surface area contributed by atoms with Crippen LogP contribution in [-0.2, 0) is 11.2 Å². The van der Waals surface area contributed by atoms with Crippen molar-refractivity contribution in [1.29, 1.82) is 0 Å². The second-order valence-corrected chi connectivity index (χ2v) is 12.9. The largest absolute Gasteiger partial charge is 0.462 e. The van der Waals surface area contributed by atoms with Crippen molar-refractivity contribution >= 4 is 34.2 Å². The zero-order valence-electron chi connectivity index (χ0n) is 24.5. The molecule has 2 saturated heterocycles. The number of hydrogen-bond donors (Lipinski definition) is 0. The molecule has 5 atom stereocenters. The molecule has 8 nitrogen and oxygen atoms in total. The molecule has 2 aliphatic carbocycles. The van der Waals surface area contributed by atoms with Crippen LogP contribution >= 0.6 is 11.6 Å². The molecule has 0 bridgehead atoms. The predicted octanol–water partition coefficient (Wildman–Crippen LogP) is 5.45. The molecule has 1 aromatic heterocycles. The Bertz CT molecular complexity index is 1710. The highest BCUT2D eigenvalue weighted by molar-refractivity contribution is 6.34. The van der Waals surface area contributed by atoms with Crippen LogP contribution in [0.25, 0.3) is 26.9 Å². The lowest BCUT2D eigenvalue weighted by atomic mass is 9.93. The van der Waals surface area contributed by atoms with Gasteiger partial charge in [0.25, 0.3) is 5.91 Å². The van der Waals surface area contributed by atoms with E-state index in [2.05, 4.69) is 29.6 Å². The van der Waals surface area contributed by atoms with Crippen molar-refractivity contribution in [3.63, 3.8) is 0 Å². The minimum absolute atomic E-state index is 0.00644. The van der Waals surface area contributed by atoms with Crippen LogP contribution in [0.3, 0.4) is 0 Å². The van der Waals surface area contributed by atoms with Gasteiger partial charge in [-0.2, -0.15) is 9.97 Å². The summed E-state index contributed by atoms with van der Waals surface area (Å²) in [6.45, 7) is 12.0. The molecule has 228 valence electrons. The van der Waals surface area contributed by atoms with Crippen molar-refractivity contribution in [2.45, 2.75) is 43.4 Å². The summed E-state index contributed by atoms with van der Waals surface area (Å²) >= 11 is 7.02. The number of rotatable bonds is 7. The molecule has 0 N–H and O–H groups in total. The molecule has 2 unspecified atom stereocenters. The van der Waals surface area contributed by atoms with E-state index in [-0.39, 0.29) is 38.3 Å². The number of aromatic nitrogens is 2. The number of alkyl halides is 1. The molecule has 7 rings (SSSR count). The maximum Gasteiger partial charge on any atom is 0.319 e. The summed E-state index contributed by atoms with van der Waals surface area (Å²) in [6.07, 6.45) is 1.80. The number of likely N-dealkylation sites (tertiary alicyclic amines) is 1. The summed E-state index contributed by atoms with van der Waals surface area (Å²) in [6, 6.07) is 9.79. The van der Waals surface area contributed by atoms with E-state index in [4.69, 9.17) is 32.9 Å². The van der Waals surface area contributed by atoms with E-state index >= 15 is 0 Å². The lowest BCUT2D eigenvalue weighted by molar-refractivity contribution is -0.131. The number of carbonyl (C=O) groups excluding carboxylic acids is 1. The zero-order chi connectivity index (χ0) is 30.7. The van der Waals surface area contributed by atoms with Crippen molar-refractivity contribution in [2.24, 2.45) is 5.92 Å². The van der Waals surface area contributed by atoms with Gasteiger partial charge in [-0.25, -0.2) is 15.4 Å². The molecular formula is C33H33ClF2N6O2. The fourth-order valence-corrected chi connectivity index (χ4v) is 7.57. The van der Waals surface area contributed by atoms with Gasteiger partial charge in [0.2, 0.25) is 6.54 Å². The summed E-state index contributed by atoms with van der Waals surface area (Å²) in [5, 5.41) is 1.29. The van der Waals surface area contributed by atoms with Gasteiger partial charge in [0.05, 0.1) is 5.52 Å². The first-order valence-electron chi connectivity index (χ1n) is 15.1. The minimum atomic E-state index is -1.05. The molecular weight excluding hydrogens is 586 g/mol.